The molecular formula is C12H13BrN2O3. The summed E-state index contributed by atoms with van der Waals surface area (Å²) >= 11 is 3.30. The third-order valence-electron chi connectivity index (χ3n) is 2.86. The quantitative estimate of drug-likeness (QED) is 0.874. The number of hydrogen-bond acceptors (Lipinski definition) is 3. The monoisotopic (exact) mass is 312 g/mol. The van der Waals surface area contributed by atoms with Gasteiger partial charge in [-0.25, -0.2) is 4.79 Å². The Bertz CT molecular complexity index is 461. The maximum absolute atomic E-state index is 11.8. The average molecular weight is 313 g/mol. The molecule has 1 saturated heterocycles. The van der Waals surface area contributed by atoms with Crippen LogP contribution in [0, 0.1) is 0 Å². The van der Waals surface area contributed by atoms with Crippen molar-refractivity contribution in [1.82, 2.24) is 10.2 Å². The highest BCUT2D eigenvalue weighted by molar-refractivity contribution is 9.10. The van der Waals surface area contributed by atoms with E-state index in [1.807, 2.05) is 0 Å². The van der Waals surface area contributed by atoms with E-state index < -0.39 is 12.0 Å². The standard InChI is InChI=1S/C12H13BrN2O3/c13-9-3-1-8(2-4-9)11(12(17)18)15-6-5-14-7-10(15)16/h1-4,11,14H,5-7H2,(H,17,18). The normalized spacial score (nSPS) is 17.6. The van der Waals surface area contributed by atoms with E-state index in [0.717, 1.165) is 4.47 Å². The maximum atomic E-state index is 11.8. The van der Waals surface area contributed by atoms with Crippen LogP contribution in [0.3, 0.4) is 0 Å². The molecule has 1 unspecified atom stereocenters. The highest BCUT2D eigenvalue weighted by atomic mass is 79.9. The number of benzene rings is 1. The molecule has 0 bridgehead atoms. The second-order valence-electron chi connectivity index (χ2n) is 4.06. The fourth-order valence-corrected chi connectivity index (χ4v) is 2.26. The Kier molecular flexibility index (Phi) is 3.98. The number of nitrogens with zero attached hydrogens (tertiary/aromatic N) is 1. The van der Waals surface area contributed by atoms with Crippen LogP contribution in [0.1, 0.15) is 11.6 Å². The molecule has 1 fully saturated rings. The van der Waals surface area contributed by atoms with Gasteiger partial charge in [-0.3, -0.25) is 4.79 Å². The Morgan fingerprint density at radius 2 is 2.06 bits per heavy atom. The summed E-state index contributed by atoms with van der Waals surface area (Å²) in [6, 6.07) is 6.08. The summed E-state index contributed by atoms with van der Waals surface area (Å²) < 4.78 is 0.877. The summed E-state index contributed by atoms with van der Waals surface area (Å²) in [6.45, 7) is 1.22. The topological polar surface area (TPSA) is 69.6 Å². The zero-order valence-corrected chi connectivity index (χ0v) is 11.2. The molecule has 6 heteroatoms. The Morgan fingerprint density at radius 1 is 1.39 bits per heavy atom. The van der Waals surface area contributed by atoms with E-state index >= 15 is 0 Å². The molecule has 1 aliphatic heterocycles. The summed E-state index contributed by atoms with van der Waals surface area (Å²) in [5.74, 6) is -1.19. The lowest BCUT2D eigenvalue weighted by atomic mass is 10.0. The van der Waals surface area contributed by atoms with Crippen molar-refractivity contribution in [2.45, 2.75) is 6.04 Å². The zero-order valence-electron chi connectivity index (χ0n) is 9.60. The van der Waals surface area contributed by atoms with Gasteiger partial charge in [-0.05, 0) is 17.7 Å². The number of halogens is 1. The van der Waals surface area contributed by atoms with Gasteiger partial charge in [-0.1, -0.05) is 28.1 Å². The molecule has 1 aromatic rings. The first-order chi connectivity index (χ1) is 8.59. The molecule has 2 N–H and O–H groups in total. The van der Waals surface area contributed by atoms with Crippen LogP contribution >= 0.6 is 15.9 Å². The van der Waals surface area contributed by atoms with Gasteiger partial charge in [0.2, 0.25) is 5.91 Å². The van der Waals surface area contributed by atoms with Crippen LogP contribution in [0.25, 0.3) is 0 Å². The number of carbonyl (C=O) groups is 2. The number of nitrogens with one attached hydrogen (secondary N) is 1. The van der Waals surface area contributed by atoms with E-state index in [-0.39, 0.29) is 12.5 Å². The SMILES string of the molecule is O=C(O)C(c1ccc(Br)cc1)N1CCNCC1=O. The van der Waals surface area contributed by atoms with Crippen LogP contribution in [-0.2, 0) is 9.59 Å². The summed E-state index contributed by atoms with van der Waals surface area (Å²) in [5.41, 5.74) is 0.612. The van der Waals surface area contributed by atoms with Gasteiger partial charge in [0.1, 0.15) is 0 Å². The fraction of sp³-hybridized carbons (Fsp3) is 0.333. The number of carboxylic acid groups (broad SMARTS) is 1. The first-order valence-electron chi connectivity index (χ1n) is 5.58. The highest BCUT2D eigenvalue weighted by Crippen LogP contribution is 2.23. The van der Waals surface area contributed by atoms with Crippen LogP contribution in [0.4, 0.5) is 0 Å². The van der Waals surface area contributed by atoms with E-state index in [9.17, 15) is 14.7 Å². The largest absolute Gasteiger partial charge is 0.479 e. The lowest BCUT2D eigenvalue weighted by Crippen LogP contribution is -2.51. The molecule has 0 radical (unpaired) electrons. The molecule has 0 aromatic heterocycles. The van der Waals surface area contributed by atoms with Gasteiger partial charge >= 0.3 is 5.97 Å². The predicted octanol–water partition coefficient (Wildman–Crippen LogP) is 1.01. The predicted molar refractivity (Wildman–Crippen MR) is 69.1 cm³/mol. The minimum absolute atomic E-state index is 0.184. The van der Waals surface area contributed by atoms with Gasteiger partial charge in [0.05, 0.1) is 6.54 Å². The van der Waals surface area contributed by atoms with E-state index in [0.29, 0.717) is 18.7 Å². The highest BCUT2D eigenvalue weighted by Gasteiger charge is 2.32. The van der Waals surface area contributed by atoms with Crippen LogP contribution < -0.4 is 5.32 Å². The van der Waals surface area contributed by atoms with Gasteiger partial charge in [0, 0.05) is 17.6 Å². The summed E-state index contributed by atoms with van der Waals surface area (Å²) in [7, 11) is 0. The molecule has 96 valence electrons. The van der Waals surface area contributed by atoms with Crippen molar-refractivity contribution in [3.05, 3.63) is 34.3 Å². The third-order valence-corrected chi connectivity index (χ3v) is 3.39. The number of hydrogen-bond donors (Lipinski definition) is 2. The van der Waals surface area contributed by atoms with Gasteiger partial charge in [-0.2, -0.15) is 0 Å². The van der Waals surface area contributed by atoms with Gasteiger partial charge < -0.3 is 15.3 Å². The Morgan fingerprint density at radius 3 is 2.61 bits per heavy atom. The summed E-state index contributed by atoms with van der Waals surface area (Å²) in [4.78, 5) is 24.6. The number of piperazine rings is 1. The fourth-order valence-electron chi connectivity index (χ4n) is 2.00. The minimum atomic E-state index is -1.01. The van der Waals surface area contributed by atoms with Crippen molar-refractivity contribution in [2.75, 3.05) is 19.6 Å². The smallest absolute Gasteiger partial charge is 0.331 e. The first kappa shape index (κ1) is 13.0. The summed E-state index contributed by atoms with van der Waals surface area (Å²) in [6.07, 6.45) is 0. The van der Waals surface area contributed by atoms with Crippen molar-refractivity contribution in [3.63, 3.8) is 0 Å². The number of aliphatic carboxylic acids is 1. The Labute approximate surface area is 113 Å². The zero-order chi connectivity index (χ0) is 13.1. The molecule has 5 nitrogen and oxygen atoms in total. The number of amides is 1. The molecule has 2 rings (SSSR count). The Balaban J connectivity index is 2.30. The van der Waals surface area contributed by atoms with Crippen molar-refractivity contribution >= 4 is 27.8 Å². The minimum Gasteiger partial charge on any atom is -0.479 e. The Hall–Kier alpha value is -1.40. The molecule has 0 spiro atoms. The van der Waals surface area contributed by atoms with Gasteiger partial charge in [0.25, 0.3) is 0 Å². The van der Waals surface area contributed by atoms with Crippen LogP contribution in [0.15, 0.2) is 28.7 Å². The average Bonchev–Trinajstić information content (AvgIpc) is 2.34. The molecule has 1 aliphatic rings. The van der Waals surface area contributed by atoms with Crippen LogP contribution in [-0.4, -0.2) is 41.5 Å². The van der Waals surface area contributed by atoms with E-state index in [2.05, 4.69) is 21.2 Å². The molecule has 1 amide bonds. The molecule has 1 aromatic carbocycles. The van der Waals surface area contributed by atoms with E-state index in [4.69, 9.17) is 0 Å². The molecule has 1 atom stereocenters. The third kappa shape index (κ3) is 2.70. The lowest BCUT2D eigenvalue weighted by Gasteiger charge is -2.32. The van der Waals surface area contributed by atoms with Crippen molar-refractivity contribution in [1.29, 1.82) is 0 Å². The maximum Gasteiger partial charge on any atom is 0.331 e. The lowest BCUT2D eigenvalue weighted by molar-refractivity contribution is -0.151. The van der Waals surface area contributed by atoms with Crippen molar-refractivity contribution < 1.29 is 14.7 Å². The second-order valence-corrected chi connectivity index (χ2v) is 4.97. The molecule has 0 aliphatic carbocycles. The number of carboxylic acids is 1. The molecule has 0 saturated carbocycles. The molecule has 18 heavy (non-hydrogen) atoms. The van der Waals surface area contributed by atoms with E-state index in [1.54, 1.807) is 24.3 Å². The van der Waals surface area contributed by atoms with Gasteiger partial charge in [0.15, 0.2) is 6.04 Å². The van der Waals surface area contributed by atoms with E-state index in [1.165, 1.54) is 4.90 Å². The van der Waals surface area contributed by atoms with Gasteiger partial charge in [-0.15, -0.1) is 0 Å². The number of carbonyl (C=O) groups excluding carboxylic acids is 1. The first-order valence-corrected chi connectivity index (χ1v) is 6.37. The second kappa shape index (κ2) is 5.49. The van der Waals surface area contributed by atoms with Crippen LogP contribution in [0.5, 0.6) is 0 Å². The summed E-state index contributed by atoms with van der Waals surface area (Å²) in [5, 5.41) is 12.3. The molecule has 1 heterocycles. The van der Waals surface area contributed by atoms with Crippen molar-refractivity contribution in [3.8, 4) is 0 Å². The van der Waals surface area contributed by atoms with Crippen molar-refractivity contribution in [2.24, 2.45) is 0 Å². The molecular weight excluding hydrogens is 300 g/mol. The van der Waals surface area contributed by atoms with Crippen LogP contribution in [0.2, 0.25) is 0 Å². The number of rotatable bonds is 3.